The minimum absolute atomic E-state index is 0.159. The molecule has 0 radical (unpaired) electrons. The lowest BCUT2D eigenvalue weighted by Crippen LogP contribution is -2.42. The molecule has 0 saturated carbocycles. The van der Waals surface area contributed by atoms with Gasteiger partial charge in [-0.3, -0.25) is 9.78 Å². The van der Waals surface area contributed by atoms with Gasteiger partial charge < -0.3 is 10.4 Å². The Kier molecular flexibility index (Phi) is 5.18. The van der Waals surface area contributed by atoms with E-state index in [9.17, 15) is 27.9 Å². The standard InChI is InChI=1S/C16H13F3N2O3/c17-16(18,19)12-3-1-2-10(8-12)9-13(15(23)24)21-14(22)11-4-6-20-7-5-11/h1-8,13H,9H2,(H,21,22)(H,23,24)/t13-/m1/s1. The van der Waals surface area contributed by atoms with Crippen molar-refractivity contribution in [3.05, 3.63) is 65.5 Å². The maximum Gasteiger partial charge on any atom is 0.416 e. The molecule has 1 aromatic carbocycles. The number of halogens is 3. The van der Waals surface area contributed by atoms with E-state index in [1.54, 1.807) is 0 Å². The smallest absolute Gasteiger partial charge is 0.416 e. The van der Waals surface area contributed by atoms with Crippen molar-refractivity contribution in [2.45, 2.75) is 18.6 Å². The Labute approximate surface area is 135 Å². The van der Waals surface area contributed by atoms with E-state index in [-0.39, 0.29) is 17.5 Å². The van der Waals surface area contributed by atoms with Crippen LogP contribution < -0.4 is 5.32 Å². The summed E-state index contributed by atoms with van der Waals surface area (Å²) < 4.78 is 38.1. The first-order valence-corrected chi connectivity index (χ1v) is 6.87. The van der Waals surface area contributed by atoms with Gasteiger partial charge in [0.15, 0.2) is 0 Å². The summed E-state index contributed by atoms with van der Waals surface area (Å²) in [6, 6.07) is 5.79. The van der Waals surface area contributed by atoms with Crippen LogP contribution in [0.2, 0.25) is 0 Å². The van der Waals surface area contributed by atoms with Crippen LogP contribution in [0.4, 0.5) is 13.2 Å². The maximum atomic E-state index is 12.7. The molecular formula is C16H13F3N2O3. The van der Waals surface area contributed by atoms with Gasteiger partial charge in [-0.2, -0.15) is 13.2 Å². The lowest BCUT2D eigenvalue weighted by Gasteiger charge is -2.15. The van der Waals surface area contributed by atoms with Crippen LogP contribution in [-0.4, -0.2) is 28.0 Å². The highest BCUT2D eigenvalue weighted by atomic mass is 19.4. The van der Waals surface area contributed by atoms with Crippen LogP contribution in [0.3, 0.4) is 0 Å². The summed E-state index contributed by atoms with van der Waals surface area (Å²) in [4.78, 5) is 27.0. The topological polar surface area (TPSA) is 79.3 Å². The lowest BCUT2D eigenvalue weighted by molar-refractivity contribution is -0.139. The van der Waals surface area contributed by atoms with E-state index in [1.165, 1.54) is 36.7 Å². The molecule has 0 aliphatic heterocycles. The highest BCUT2D eigenvalue weighted by molar-refractivity contribution is 5.96. The third-order valence-corrected chi connectivity index (χ3v) is 3.24. The first-order valence-electron chi connectivity index (χ1n) is 6.87. The fraction of sp³-hybridized carbons (Fsp3) is 0.188. The van der Waals surface area contributed by atoms with E-state index >= 15 is 0 Å². The second-order valence-corrected chi connectivity index (χ2v) is 5.00. The van der Waals surface area contributed by atoms with Crippen LogP contribution in [0.25, 0.3) is 0 Å². The zero-order chi connectivity index (χ0) is 17.7. The van der Waals surface area contributed by atoms with Crippen molar-refractivity contribution in [1.82, 2.24) is 10.3 Å². The number of alkyl halides is 3. The predicted molar refractivity (Wildman–Crippen MR) is 78.3 cm³/mol. The molecule has 2 N–H and O–H groups in total. The van der Waals surface area contributed by atoms with E-state index in [1.807, 2.05) is 0 Å². The van der Waals surface area contributed by atoms with Crippen LogP contribution >= 0.6 is 0 Å². The predicted octanol–water partition coefficient (Wildman–Crippen LogP) is 2.53. The molecule has 0 saturated heterocycles. The Balaban J connectivity index is 2.15. The van der Waals surface area contributed by atoms with E-state index < -0.39 is 29.7 Å². The fourth-order valence-electron chi connectivity index (χ4n) is 2.06. The Morgan fingerprint density at radius 1 is 1.17 bits per heavy atom. The van der Waals surface area contributed by atoms with Crippen molar-refractivity contribution in [2.24, 2.45) is 0 Å². The van der Waals surface area contributed by atoms with E-state index in [4.69, 9.17) is 0 Å². The fourth-order valence-corrected chi connectivity index (χ4v) is 2.06. The van der Waals surface area contributed by atoms with Gasteiger partial charge in [0.25, 0.3) is 5.91 Å². The molecule has 126 valence electrons. The normalized spacial score (nSPS) is 12.5. The molecule has 1 heterocycles. The monoisotopic (exact) mass is 338 g/mol. The van der Waals surface area contributed by atoms with Gasteiger partial charge in [-0.1, -0.05) is 18.2 Å². The summed E-state index contributed by atoms with van der Waals surface area (Å²) in [6.45, 7) is 0. The highest BCUT2D eigenvalue weighted by Crippen LogP contribution is 2.29. The summed E-state index contributed by atoms with van der Waals surface area (Å²) in [5, 5.41) is 11.5. The molecule has 1 atom stereocenters. The number of carbonyl (C=O) groups is 2. The van der Waals surface area contributed by atoms with Gasteiger partial charge in [-0.05, 0) is 23.8 Å². The van der Waals surface area contributed by atoms with Crippen LogP contribution in [0.5, 0.6) is 0 Å². The number of aromatic nitrogens is 1. The van der Waals surface area contributed by atoms with Gasteiger partial charge in [-0.25, -0.2) is 4.79 Å². The van der Waals surface area contributed by atoms with Gasteiger partial charge in [0.2, 0.25) is 0 Å². The number of hydrogen-bond acceptors (Lipinski definition) is 3. The molecule has 0 bridgehead atoms. The minimum atomic E-state index is -4.52. The molecular weight excluding hydrogens is 325 g/mol. The number of nitrogens with one attached hydrogen (secondary N) is 1. The quantitative estimate of drug-likeness (QED) is 0.878. The Morgan fingerprint density at radius 3 is 2.42 bits per heavy atom. The van der Waals surface area contributed by atoms with Crippen LogP contribution in [0.1, 0.15) is 21.5 Å². The van der Waals surface area contributed by atoms with Crippen molar-refractivity contribution in [2.75, 3.05) is 0 Å². The average Bonchev–Trinajstić information content (AvgIpc) is 2.54. The Morgan fingerprint density at radius 2 is 1.83 bits per heavy atom. The number of benzene rings is 1. The van der Waals surface area contributed by atoms with Crippen molar-refractivity contribution < 1.29 is 27.9 Å². The third-order valence-electron chi connectivity index (χ3n) is 3.24. The molecule has 2 aromatic rings. The zero-order valence-electron chi connectivity index (χ0n) is 12.2. The summed E-state index contributed by atoms with van der Waals surface area (Å²) in [5.74, 6) is -1.98. The number of carbonyl (C=O) groups excluding carboxylic acids is 1. The van der Waals surface area contributed by atoms with Crippen molar-refractivity contribution >= 4 is 11.9 Å². The largest absolute Gasteiger partial charge is 0.480 e. The molecule has 24 heavy (non-hydrogen) atoms. The summed E-state index contributed by atoms with van der Waals surface area (Å²) in [5.41, 5.74) is -0.503. The van der Waals surface area contributed by atoms with Gasteiger partial charge in [0.1, 0.15) is 6.04 Å². The van der Waals surface area contributed by atoms with Crippen molar-refractivity contribution in [1.29, 1.82) is 0 Å². The number of hydrogen-bond donors (Lipinski definition) is 2. The number of rotatable bonds is 5. The van der Waals surface area contributed by atoms with E-state index in [2.05, 4.69) is 10.3 Å². The zero-order valence-corrected chi connectivity index (χ0v) is 12.2. The van der Waals surface area contributed by atoms with Crippen LogP contribution in [0, 0.1) is 0 Å². The second-order valence-electron chi connectivity index (χ2n) is 5.00. The Hall–Kier alpha value is -2.90. The molecule has 2 rings (SSSR count). The number of aliphatic carboxylic acids is 1. The summed E-state index contributed by atoms with van der Waals surface area (Å²) in [6.07, 6.45) is -2.04. The minimum Gasteiger partial charge on any atom is -0.480 e. The summed E-state index contributed by atoms with van der Waals surface area (Å²) >= 11 is 0. The molecule has 0 fully saturated rings. The maximum absolute atomic E-state index is 12.7. The van der Waals surface area contributed by atoms with Crippen LogP contribution in [0.15, 0.2) is 48.8 Å². The number of nitrogens with zero attached hydrogens (tertiary/aromatic N) is 1. The molecule has 8 heteroatoms. The van der Waals surface area contributed by atoms with Gasteiger partial charge >= 0.3 is 12.1 Å². The van der Waals surface area contributed by atoms with Gasteiger partial charge in [0, 0.05) is 24.4 Å². The number of amides is 1. The Bertz CT molecular complexity index is 733. The van der Waals surface area contributed by atoms with Crippen LogP contribution in [-0.2, 0) is 17.4 Å². The second kappa shape index (κ2) is 7.12. The van der Waals surface area contributed by atoms with E-state index in [0.717, 1.165) is 12.1 Å². The molecule has 1 amide bonds. The summed E-state index contributed by atoms with van der Waals surface area (Å²) in [7, 11) is 0. The molecule has 0 unspecified atom stereocenters. The van der Waals surface area contributed by atoms with Gasteiger partial charge in [0.05, 0.1) is 5.56 Å². The molecule has 5 nitrogen and oxygen atoms in total. The molecule has 0 spiro atoms. The number of carboxylic acid groups (broad SMARTS) is 1. The average molecular weight is 338 g/mol. The lowest BCUT2D eigenvalue weighted by atomic mass is 10.0. The van der Waals surface area contributed by atoms with Crippen molar-refractivity contribution in [3.8, 4) is 0 Å². The van der Waals surface area contributed by atoms with Crippen molar-refractivity contribution in [3.63, 3.8) is 0 Å². The highest BCUT2D eigenvalue weighted by Gasteiger charge is 2.31. The first kappa shape index (κ1) is 17.5. The number of carboxylic acids is 1. The molecule has 0 aliphatic carbocycles. The third kappa shape index (κ3) is 4.55. The SMILES string of the molecule is O=C(N[C@H](Cc1cccc(C(F)(F)F)c1)C(=O)O)c1ccncc1. The van der Waals surface area contributed by atoms with Gasteiger partial charge in [-0.15, -0.1) is 0 Å². The number of pyridine rings is 1. The first-order chi connectivity index (χ1) is 11.3. The molecule has 1 aromatic heterocycles. The van der Waals surface area contributed by atoms with E-state index in [0.29, 0.717) is 0 Å². The molecule has 0 aliphatic rings.